The number of allylic oxidation sites excluding steroid dienone is 10. The van der Waals surface area contributed by atoms with E-state index in [1.807, 2.05) is 71.4 Å². The van der Waals surface area contributed by atoms with Gasteiger partial charge in [-0.15, -0.1) is 22.7 Å². The SMILES string of the molecule is O=C1C(Br)=CC(Br)=C/C1=C/Nc1nc(-c2ccccc2)cs1.O=C1C(Br)=CC(Br)=C/C1=C/Nc1nc(-c2ccccc2)cs1.[Zn]. The topological polar surface area (TPSA) is 84.0 Å². The molecule has 2 aromatic heterocycles. The standard InChI is InChI=1S/2C16H10Br2N2OS.Zn/c2*17-12-6-11(15(21)13(18)7-12)8-19-16-20-14(9-22-16)10-4-2-1-3-5-10;/h2*1-9H,(H,19,20);/b2*11-8-;. The number of carbonyl (C=O) groups is 2. The molecule has 0 saturated heterocycles. The third-order valence-corrected chi connectivity index (χ3v) is 9.56. The van der Waals surface area contributed by atoms with E-state index in [1.165, 1.54) is 22.7 Å². The van der Waals surface area contributed by atoms with E-state index in [-0.39, 0.29) is 31.0 Å². The Kier molecular flexibility index (Phi) is 13.4. The normalized spacial score (nSPS) is 16.1. The number of rotatable bonds is 6. The van der Waals surface area contributed by atoms with Gasteiger partial charge >= 0.3 is 0 Å². The summed E-state index contributed by atoms with van der Waals surface area (Å²) in [4.78, 5) is 33.1. The zero-order chi connectivity index (χ0) is 31.1. The zero-order valence-electron chi connectivity index (χ0n) is 23.1. The molecule has 6 rings (SSSR count). The van der Waals surface area contributed by atoms with Crippen LogP contribution in [0.5, 0.6) is 0 Å². The number of halogens is 4. The third-order valence-electron chi connectivity index (χ3n) is 5.92. The maximum absolute atomic E-state index is 12.0. The molecule has 0 atom stereocenters. The summed E-state index contributed by atoms with van der Waals surface area (Å²) in [5.41, 5.74) is 5.11. The molecule has 2 N–H and O–H groups in total. The monoisotopic (exact) mass is 936 g/mol. The number of Topliss-reactive ketones (excluding diaryl/α,β-unsaturated/α-hetero) is 2. The fourth-order valence-corrected chi connectivity index (χ4v) is 7.71. The molecule has 222 valence electrons. The fraction of sp³-hybridized carbons (Fsp3) is 0. The molecule has 0 fully saturated rings. The molecule has 0 spiro atoms. The van der Waals surface area contributed by atoms with Crippen LogP contribution in [0.2, 0.25) is 0 Å². The van der Waals surface area contributed by atoms with Crippen LogP contribution in [0.15, 0.2) is 137 Å². The number of nitrogens with zero attached hydrogens (tertiary/aromatic N) is 2. The Bertz CT molecular complexity index is 1760. The summed E-state index contributed by atoms with van der Waals surface area (Å²) in [5, 5.41) is 11.6. The molecule has 13 heteroatoms. The van der Waals surface area contributed by atoms with Gasteiger partial charge in [-0.1, -0.05) is 92.5 Å². The van der Waals surface area contributed by atoms with E-state index in [2.05, 4.69) is 84.3 Å². The predicted molar refractivity (Wildman–Crippen MR) is 197 cm³/mol. The minimum atomic E-state index is -0.0597. The van der Waals surface area contributed by atoms with E-state index in [4.69, 9.17) is 0 Å². The second-order valence-corrected chi connectivity index (χ2v) is 14.3. The number of hydrogen-bond donors (Lipinski definition) is 2. The second-order valence-electron chi connectivity index (χ2n) is 9.00. The molecule has 2 aliphatic rings. The van der Waals surface area contributed by atoms with Gasteiger partial charge in [-0.2, -0.15) is 0 Å². The maximum atomic E-state index is 12.0. The summed E-state index contributed by atoms with van der Waals surface area (Å²) in [6.07, 6.45) is 10.3. The smallest absolute Gasteiger partial charge is 0.201 e. The number of aromatic nitrogens is 2. The number of carbonyl (C=O) groups excluding carboxylic acids is 2. The van der Waals surface area contributed by atoms with Crippen molar-refractivity contribution >= 4 is 108 Å². The van der Waals surface area contributed by atoms with Crippen molar-refractivity contribution < 1.29 is 29.1 Å². The molecule has 2 heterocycles. The van der Waals surface area contributed by atoms with Crippen LogP contribution in [0.4, 0.5) is 10.3 Å². The maximum Gasteiger partial charge on any atom is 0.201 e. The number of ketones is 2. The molecule has 0 bridgehead atoms. The second kappa shape index (κ2) is 17.0. The molecule has 6 nitrogen and oxygen atoms in total. The minimum Gasteiger partial charge on any atom is -0.337 e. The Morgan fingerprint density at radius 1 is 0.578 bits per heavy atom. The van der Waals surface area contributed by atoms with Gasteiger partial charge < -0.3 is 10.6 Å². The van der Waals surface area contributed by atoms with E-state index < -0.39 is 0 Å². The molecule has 0 unspecified atom stereocenters. The van der Waals surface area contributed by atoms with Gasteiger partial charge in [-0.05, 0) is 56.2 Å². The largest absolute Gasteiger partial charge is 0.337 e. The number of hydrogen-bond acceptors (Lipinski definition) is 8. The summed E-state index contributed by atoms with van der Waals surface area (Å²) in [5.74, 6) is -0.119. The van der Waals surface area contributed by atoms with E-state index in [1.54, 1.807) is 36.7 Å². The average molecular weight is 942 g/mol. The van der Waals surface area contributed by atoms with Crippen molar-refractivity contribution in [1.29, 1.82) is 0 Å². The molecule has 0 saturated carbocycles. The van der Waals surface area contributed by atoms with Crippen LogP contribution in [-0.4, -0.2) is 21.5 Å². The summed E-state index contributed by atoms with van der Waals surface area (Å²) >= 11 is 16.3. The zero-order valence-corrected chi connectivity index (χ0v) is 34.1. The van der Waals surface area contributed by atoms with E-state index >= 15 is 0 Å². The molecular formula is C32H20Br4N4O2S2Zn. The van der Waals surface area contributed by atoms with Gasteiger partial charge in [0, 0.05) is 73.9 Å². The number of anilines is 2. The number of benzene rings is 2. The first kappa shape index (κ1) is 35.5. The predicted octanol–water partition coefficient (Wildman–Crippen LogP) is 10.5. The molecule has 2 aromatic carbocycles. The van der Waals surface area contributed by atoms with Crippen molar-refractivity contribution in [3.05, 3.63) is 137 Å². The van der Waals surface area contributed by atoms with Crippen LogP contribution < -0.4 is 10.6 Å². The Labute approximate surface area is 314 Å². The summed E-state index contributed by atoms with van der Waals surface area (Å²) < 4.78 is 2.74. The van der Waals surface area contributed by atoms with Crippen molar-refractivity contribution in [2.24, 2.45) is 0 Å². The third kappa shape index (κ3) is 9.81. The molecule has 45 heavy (non-hydrogen) atoms. The summed E-state index contributed by atoms with van der Waals surface area (Å²) in [6, 6.07) is 20.0. The van der Waals surface area contributed by atoms with Gasteiger partial charge in [0.1, 0.15) is 0 Å². The molecule has 0 radical (unpaired) electrons. The van der Waals surface area contributed by atoms with Crippen molar-refractivity contribution in [2.75, 3.05) is 10.6 Å². The minimum absolute atomic E-state index is 0. The van der Waals surface area contributed by atoms with Gasteiger partial charge in [0.25, 0.3) is 0 Å². The van der Waals surface area contributed by atoms with Crippen molar-refractivity contribution in [1.82, 2.24) is 9.97 Å². The van der Waals surface area contributed by atoms with Crippen LogP contribution in [0, 0.1) is 0 Å². The van der Waals surface area contributed by atoms with Crippen LogP contribution in [0.3, 0.4) is 0 Å². The Morgan fingerprint density at radius 3 is 1.33 bits per heavy atom. The van der Waals surface area contributed by atoms with E-state index in [0.717, 1.165) is 41.7 Å². The van der Waals surface area contributed by atoms with E-state index in [9.17, 15) is 9.59 Å². The Balaban J connectivity index is 0.000000200. The first-order valence-electron chi connectivity index (χ1n) is 12.8. The van der Waals surface area contributed by atoms with Crippen LogP contribution in [-0.2, 0) is 29.1 Å². The molecule has 4 aromatic rings. The van der Waals surface area contributed by atoms with Crippen molar-refractivity contribution in [2.45, 2.75) is 0 Å². The van der Waals surface area contributed by atoms with Crippen LogP contribution >= 0.6 is 86.4 Å². The summed E-state index contributed by atoms with van der Waals surface area (Å²) in [7, 11) is 0. The van der Waals surface area contributed by atoms with Gasteiger partial charge in [0.05, 0.1) is 20.4 Å². The summed E-state index contributed by atoms with van der Waals surface area (Å²) in [6.45, 7) is 0. The van der Waals surface area contributed by atoms with Crippen molar-refractivity contribution in [3.63, 3.8) is 0 Å². The van der Waals surface area contributed by atoms with Crippen molar-refractivity contribution in [3.8, 4) is 22.5 Å². The Hall–Kier alpha value is -2.38. The molecule has 2 aliphatic carbocycles. The van der Waals surface area contributed by atoms with Crippen LogP contribution in [0.1, 0.15) is 0 Å². The van der Waals surface area contributed by atoms with Gasteiger partial charge in [-0.25, -0.2) is 9.97 Å². The first-order valence-corrected chi connectivity index (χ1v) is 17.7. The number of thiazole rings is 2. The molecule has 0 aliphatic heterocycles. The van der Waals surface area contributed by atoms with Gasteiger partial charge in [-0.3, -0.25) is 9.59 Å². The fourth-order valence-electron chi connectivity index (χ4n) is 3.82. The average Bonchev–Trinajstić information content (AvgIpc) is 3.71. The molecule has 0 amide bonds. The Morgan fingerprint density at radius 2 is 0.956 bits per heavy atom. The quantitative estimate of drug-likeness (QED) is 0.148. The van der Waals surface area contributed by atoms with E-state index in [0.29, 0.717) is 20.1 Å². The number of nitrogens with one attached hydrogen (secondary N) is 2. The first-order chi connectivity index (χ1) is 21.3. The van der Waals surface area contributed by atoms with Gasteiger partial charge in [0.2, 0.25) is 11.6 Å². The van der Waals surface area contributed by atoms with Crippen LogP contribution in [0.25, 0.3) is 22.5 Å². The van der Waals surface area contributed by atoms with Gasteiger partial charge in [0.15, 0.2) is 10.3 Å². The molecular weight excluding hydrogens is 922 g/mol.